The zero-order valence-corrected chi connectivity index (χ0v) is 7.57. The summed E-state index contributed by atoms with van der Waals surface area (Å²) in [4.78, 5) is 6.70. The van der Waals surface area contributed by atoms with E-state index in [0.717, 1.165) is 11.5 Å². The topological polar surface area (TPSA) is 54.7 Å². The van der Waals surface area contributed by atoms with Gasteiger partial charge in [0.15, 0.2) is 0 Å². The van der Waals surface area contributed by atoms with E-state index in [4.69, 9.17) is 5.73 Å². The fraction of sp³-hybridized carbons (Fsp3) is 0.100. The fourth-order valence-electron chi connectivity index (χ4n) is 0.838. The molecule has 3 nitrogen and oxygen atoms in total. The highest BCUT2D eigenvalue weighted by molar-refractivity contribution is 5.30. The fourth-order valence-corrected chi connectivity index (χ4v) is 0.838. The minimum atomic E-state index is 0.734. The number of aryl methyl sites for hydroxylation is 1. The van der Waals surface area contributed by atoms with Gasteiger partial charge < -0.3 is 10.7 Å². The zero-order chi connectivity index (χ0) is 9.52. The van der Waals surface area contributed by atoms with Gasteiger partial charge in [-0.2, -0.15) is 0 Å². The lowest BCUT2D eigenvalue weighted by Crippen LogP contribution is -1.81. The number of rotatable bonds is 0. The molecule has 3 heteroatoms. The Morgan fingerprint density at radius 1 is 1.15 bits per heavy atom. The summed E-state index contributed by atoms with van der Waals surface area (Å²) in [6.45, 7) is 1.97. The Morgan fingerprint density at radius 2 is 1.85 bits per heavy atom. The maximum absolute atomic E-state index is 5.32. The van der Waals surface area contributed by atoms with Crippen LogP contribution >= 0.6 is 0 Å². The van der Waals surface area contributed by atoms with Crippen LogP contribution in [0.5, 0.6) is 0 Å². The molecule has 68 valence electrons. The van der Waals surface area contributed by atoms with Gasteiger partial charge in [0.2, 0.25) is 0 Å². The summed E-state index contributed by atoms with van der Waals surface area (Å²) in [6, 6.07) is 9.50. The van der Waals surface area contributed by atoms with Gasteiger partial charge >= 0.3 is 0 Å². The van der Waals surface area contributed by atoms with E-state index in [9.17, 15) is 0 Å². The number of nitrogen functional groups attached to an aromatic ring is 1. The molecule has 0 unspecified atom stereocenters. The van der Waals surface area contributed by atoms with Crippen molar-refractivity contribution in [2.45, 2.75) is 6.92 Å². The van der Waals surface area contributed by atoms with E-state index < -0.39 is 0 Å². The highest BCUT2D eigenvalue weighted by atomic mass is 14.8. The molecule has 0 aliphatic heterocycles. The lowest BCUT2D eigenvalue weighted by atomic mass is 10.5. The molecule has 13 heavy (non-hydrogen) atoms. The van der Waals surface area contributed by atoms with Gasteiger partial charge in [-0.1, -0.05) is 6.07 Å². The van der Waals surface area contributed by atoms with Gasteiger partial charge in [-0.05, 0) is 31.2 Å². The van der Waals surface area contributed by atoms with Crippen LogP contribution in [0, 0.1) is 6.92 Å². The molecule has 0 fully saturated rings. The third-order valence-corrected chi connectivity index (χ3v) is 1.42. The first-order chi connectivity index (χ1) is 6.29. The van der Waals surface area contributed by atoms with Crippen molar-refractivity contribution in [2.75, 3.05) is 5.73 Å². The molecule has 2 heterocycles. The van der Waals surface area contributed by atoms with Crippen molar-refractivity contribution in [3.05, 3.63) is 48.4 Å². The summed E-state index contributed by atoms with van der Waals surface area (Å²) in [6.07, 6.45) is 3.50. The van der Waals surface area contributed by atoms with Crippen molar-refractivity contribution in [3.63, 3.8) is 0 Å². The van der Waals surface area contributed by atoms with E-state index in [1.807, 2.05) is 37.3 Å². The number of H-pyrrole nitrogens is 1. The van der Waals surface area contributed by atoms with E-state index >= 15 is 0 Å². The molecule has 3 N–H and O–H groups in total. The first-order valence-electron chi connectivity index (χ1n) is 4.05. The van der Waals surface area contributed by atoms with Gasteiger partial charge in [0.05, 0.1) is 0 Å². The Bertz CT molecular complexity index is 284. The maximum Gasteiger partial charge on any atom is 0.100 e. The highest BCUT2D eigenvalue weighted by Crippen LogP contribution is 1.98. The summed E-state index contributed by atoms with van der Waals surface area (Å²) in [7, 11) is 0. The number of pyridine rings is 1. The summed E-state index contributed by atoms with van der Waals surface area (Å²) in [5.41, 5.74) is 6.43. The van der Waals surface area contributed by atoms with Gasteiger partial charge in [0.1, 0.15) is 5.82 Å². The molecule has 0 saturated carbocycles. The van der Waals surface area contributed by atoms with Gasteiger partial charge in [0.25, 0.3) is 0 Å². The first-order valence-corrected chi connectivity index (χ1v) is 4.05. The van der Waals surface area contributed by atoms with E-state index in [1.165, 1.54) is 0 Å². The molecule has 0 aliphatic rings. The summed E-state index contributed by atoms with van der Waals surface area (Å²) in [5, 5.41) is 0. The van der Waals surface area contributed by atoms with E-state index in [1.54, 1.807) is 12.4 Å². The van der Waals surface area contributed by atoms with Crippen molar-refractivity contribution in [2.24, 2.45) is 0 Å². The van der Waals surface area contributed by atoms with Crippen LogP contribution in [-0.4, -0.2) is 9.97 Å². The minimum Gasteiger partial charge on any atom is -0.385 e. The molecule has 0 radical (unpaired) electrons. The Hall–Kier alpha value is -1.77. The van der Waals surface area contributed by atoms with E-state index in [2.05, 4.69) is 9.97 Å². The summed E-state index contributed by atoms with van der Waals surface area (Å²) >= 11 is 0. The van der Waals surface area contributed by atoms with Crippen LogP contribution in [0.1, 0.15) is 5.69 Å². The molecule has 2 aromatic heterocycles. The monoisotopic (exact) mass is 175 g/mol. The van der Waals surface area contributed by atoms with Crippen molar-refractivity contribution >= 4 is 5.82 Å². The van der Waals surface area contributed by atoms with Crippen molar-refractivity contribution in [3.8, 4) is 0 Å². The lowest BCUT2D eigenvalue weighted by Gasteiger charge is -1.78. The average molecular weight is 175 g/mol. The molecule has 2 aromatic rings. The first kappa shape index (κ1) is 9.32. The molecule has 0 atom stereocenters. The third kappa shape index (κ3) is 3.96. The SMILES string of the molecule is Cc1ccc(N)[nH]1.c1ccncc1. The number of nitrogens with two attached hydrogens (primary N) is 1. The van der Waals surface area contributed by atoms with Gasteiger partial charge in [-0.15, -0.1) is 0 Å². The molecule has 0 amide bonds. The Labute approximate surface area is 77.6 Å². The van der Waals surface area contributed by atoms with Crippen LogP contribution in [0.3, 0.4) is 0 Å². The number of anilines is 1. The quantitative estimate of drug-likeness (QED) is 0.643. The molecule has 0 bridgehead atoms. The molecular weight excluding hydrogens is 162 g/mol. The Morgan fingerprint density at radius 3 is 2.00 bits per heavy atom. The second-order valence-corrected chi connectivity index (χ2v) is 2.62. The van der Waals surface area contributed by atoms with E-state index in [0.29, 0.717) is 0 Å². The predicted octanol–water partition coefficient (Wildman–Crippen LogP) is 1.99. The zero-order valence-electron chi connectivity index (χ0n) is 7.57. The van der Waals surface area contributed by atoms with Crippen LogP contribution in [0.15, 0.2) is 42.7 Å². The number of hydrogen-bond acceptors (Lipinski definition) is 2. The number of hydrogen-bond donors (Lipinski definition) is 2. The summed E-state index contributed by atoms with van der Waals surface area (Å²) in [5.74, 6) is 0.734. The molecule has 0 aromatic carbocycles. The number of aromatic amines is 1. The van der Waals surface area contributed by atoms with Crippen molar-refractivity contribution < 1.29 is 0 Å². The molecule has 2 rings (SSSR count). The van der Waals surface area contributed by atoms with Gasteiger partial charge in [-0.3, -0.25) is 4.98 Å². The van der Waals surface area contributed by atoms with Crippen molar-refractivity contribution in [1.82, 2.24) is 9.97 Å². The largest absolute Gasteiger partial charge is 0.385 e. The normalized spacial score (nSPS) is 8.69. The molecule has 0 aliphatic carbocycles. The molecular formula is C10H13N3. The lowest BCUT2D eigenvalue weighted by molar-refractivity contribution is 1.27. The minimum absolute atomic E-state index is 0.734. The standard InChI is InChI=1S/C5H8N2.C5H5N/c1-4-2-3-5(6)7-4;1-2-4-6-5-3-1/h2-3,7H,6H2,1H3;1-5H. The Kier molecular flexibility index (Phi) is 3.57. The van der Waals surface area contributed by atoms with Crippen LogP contribution in [-0.2, 0) is 0 Å². The smallest absolute Gasteiger partial charge is 0.100 e. The van der Waals surface area contributed by atoms with Crippen LogP contribution in [0.25, 0.3) is 0 Å². The van der Waals surface area contributed by atoms with Crippen LogP contribution in [0.4, 0.5) is 5.82 Å². The van der Waals surface area contributed by atoms with Crippen LogP contribution < -0.4 is 5.73 Å². The average Bonchev–Trinajstić information content (AvgIpc) is 2.54. The van der Waals surface area contributed by atoms with E-state index in [-0.39, 0.29) is 0 Å². The molecule has 0 saturated heterocycles. The summed E-state index contributed by atoms with van der Waals surface area (Å²) < 4.78 is 0. The van der Waals surface area contributed by atoms with Crippen molar-refractivity contribution in [1.29, 1.82) is 0 Å². The number of aromatic nitrogens is 2. The highest BCUT2D eigenvalue weighted by Gasteiger charge is 1.82. The Balaban J connectivity index is 0.000000132. The second kappa shape index (κ2) is 4.98. The second-order valence-electron chi connectivity index (χ2n) is 2.62. The predicted molar refractivity (Wildman–Crippen MR) is 54.2 cm³/mol. The molecule has 0 spiro atoms. The maximum atomic E-state index is 5.32. The van der Waals surface area contributed by atoms with Crippen LogP contribution in [0.2, 0.25) is 0 Å². The number of nitrogens with one attached hydrogen (secondary N) is 1. The number of nitrogens with zero attached hydrogens (tertiary/aromatic N) is 1. The van der Waals surface area contributed by atoms with Gasteiger partial charge in [-0.25, -0.2) is 0 Å². The van der Waals surface area contributed by atoms with Gasteiger partial charge in [0, 0.05) is 18.1 Å². The third-order valence-electron chi connectivity index (χ3n) is 1.42.